The summed E-state index contributed by atoms with van der Waals surface area (Å²) >= 11 is 0. The highest BCUT2D eigenvalue weighted by Gasteiger charge is 2.50. The van der Waals surface area contributed by atoms with E-state index in [2.05, 4.69) is 257 Å². The first-order valence-corrected chi connectivity index (χ1v) is 41.8. The molecule has 2 aliphatic carbocycles. The Morgan fingerprint density at radius 2 is 0.504 bits per heavy atom. The maximum atomic E-state index is 6.04. The molecule has 5 aliphatic heterocycles. The molecule has 10 aromatic carbocycles. The number of ether oxygens (including phenoxy) is 11. The zero-order valence-corrected chi connectivity index (χ0v) is 70.2. The Labute approximate surface area is 680 Å². The molecule has 1 saturated carbocycles. The van der Waals surface area contributed by atoms with Gasteiger partial charge in [-0.25, -0.2) is 0 Å². The fourth-order valence-electron chi connectivity index (χ4n) is 13.9. The molecule has 0 aromatic heterocycles. The van der Waals surface area contributed by atoms with Crippen LogP contribution in [0, 0.1) is 5.92 Å². The molecule has 0 bridgehead atoms. The van der Waals surface area contributed by atoms with Gasteiger partial charge in [-0.2, -0.15) is 0 Å². The first-order valence-electron chi connectivity index (χ1n) is 41.8. The van der Waals surface area contributed by atoms with Crippen LogP contribution in [0.25, 0.3) is 0 Å². The van der Waals surface area contributed by atoms with Gasteiger partial charge in [-0.3, -0.25) is 0 Å². The molecule has 0 radical (unpaired) electrons. The Morgan fingerprint density at radius 3 is 0.779 bits per heavy atom. The number of hydrogen-bond acceptors (Lipinski definition) is 11. The van der Waals surface area contributed by atoms with Crippen LogP contribution in [0.1, 0.15) is 206 Å². The van der Waals surface area contributed by atoms with Gasteiger partial charge in [0.15, 0.2) is 0 Å². The molecule has 7 aliphatic rings. The van der Waals surface area contributed by atoms with Crippen molar-refractivity contribution in [3.05, 3.63) is 322 Å². The lowest BCUT2D eigenvalue weighted by atomic mass is 9.65. The van der Waals surface area contributed by atoms with Gasteiger partial charge < -0.3 is 52.1 Å². The average molecular weight is 1530 g/mol. The molecule has 5 saturated heterocycles. The van der Waals surface area contributed by atoms with E-state index in [0.29, 0.717) is 33.0 Å². The molecule has 11 nitrogen and oxygen atoms in total. The summed E-state index contributed by atoms with van der Waals surface area (Å²) in [5, 5.41) is 0. The van der Waals surface area contributed by atoms with Crippen LogP contribution < -0.4 is 28.4 Å². The van der Waals surface area contributed by atoms with Gasteiger partial charge in [0.1, 0.15) is 98.1 Å². The van der Waals surface area contributed by atoms with Gasteiger partial charge >= 0.3 is 0 Å². The van der Waals surface area contributed by atoms with Crippen molar-refractivity contribution in [3.63, 3.8) is 0 Å². The SMILES string of the molecule is C.CC.CC.CC.CC.CC.CC.CC.CC(c1ccccc1)(c1ccc(OCC2CO2)cc1)c1ccc(OCC2CO2)cc1.CC1(C)CC(c2ccc(OCC3CC3)cc2)(c2ccc(OCC3CO3)cc2)c2ccccc21.c1ccc(C(c2ccccc2)(c2ccc(OCC3CO3)cc2)c2ccc(OCC3CO3)cc2)cc1. The van der Waals surface area contributed by atoms with Crippen molar-refractivity contribution in [2.45, 2.75) is 197 Å². The molecular weight excluding hydrogens is 1400 g/mol. The van der Waals surface area contributed by atoms with Gasteiger partial charge in [-0.05, 0) is 172 Å². The Bertz CT molecular complexity index is 3960. The molecule has 11 heteroatoms. The van der Waals surface area contributed by atoms with Crippen LogP contribution >= 0.6 is 0 Å². The van der Waals surface area contributed by atoms with E-state index in [9.17, 15) is 0 Å². The maximum absolute atomic E-state index is 6.04. The van der Waals surface area contributed by atoms with Crippen molar-refractivity contribution in [1.82, 2.24) is 0 Å². The predicted molar refractivity (Wildman–Crippen MR) is 467 cm³/mol. The molecule has 0 amide bonds. The summed E-state index contributed by atoms with van der Waals surface area (Å²) in [5.74, 6) is 6.07. The van der Waals surface area contributed by atoms with Crippen molar-refractivity contribution in [2.24, 2.45) is 5.92 Å². The Balaban J connectivity index is 0.000000217. The molecule has 6 fully saturated rings. The second-order valence-corrected chi connectivity index (χ2v) is 27.7. The quantitative estimate of drug-likeness (QED) is 0.0362. The van der Waals surface area contributed by atoms with Crippen molar-refractivity contribution in [2.75, 3.05) is 72.7 Å². The van der Waals surface area contributed by atoms with Crippen LogP contribution in [0.4, 0.5) is 0 Å². The highest BCUT2D eigenvalue weighted by atomic mass is 16.6. The normalized spacial score (nSPS) is 19.1. The molecule has 6 unspecified atom stereocenters. The topological polar surface area (TPSA) is 118 Å². The summed E-state index contributed by atoms with van der Waals surface area (Å²) in [6.07, 6.45) is 4.87. The van der Waals surface area contributed by atoms with Crippen LogP contribution in [0.5, 0.6) is 34.5 Å². The molecule has 0 N–H and O–H groups in total. The molecule has 606 valence electrons. The fraction of sp³-hybridized carbons (Fsp3) is 0.412. The Morgan fingerprint density at radius 1 is 0.283 bits per heavy atom. The number of benzene rings is 10. The summed E-state index contributed by atoms with van der Waals surface area (Å²) in [4.78, 5) is 0. The van der Waals surface area contributed by atoms with E-state index in [1.807, 2.05) is 121 Å². The lowest BCUT2D eigenvalue weighted by Crippen LogP contribution is -2.31. The van der Waals surface area contributed by atoms with E-state index in [0.717, 1.165) is 86.5 Å². The van der Waals surface area contributed by atoms with Gasteiger partial charge in [-0.1, -0.05) is 306 Å². The summed E-state index contributed by atoms with van der Waals surface area (Å²) in [6, 6.07) is 92.3. The predicted octanol–water partition coefficient (Wildman–Crippen LogP) is 24.3. The number of rotatable bonds is 27. The molecule has 0 spiro atoms. The zero-order chi connectivity index (χ0) is 80.4. The Kier molecular flexibility index (Phi) is 37.2. The Hall–Kier alpha value is -9.20. The minimum atomic E-state index is -0.501. The molecule has 10 aromatic rings. The standard InChI is InChI=1S/C31H28O4.C30H32O3.C26H26O4.7C2H6.CH4/c1-3-7-23(8-4-1)31(24-9-5-2-6-10-24,25-11-15-27(16-12-25)32-19-29-21-34-29)26-13-17-28(18-14-26)33-20-30-22-35-30;1-29(2)20-30(28-6-4-3-5-27(28)29,22-9-13-24(14-10-22)31-17-21-7-8-21)23-11-15-25(16-12-23)32-18-26-19-33-26;1-26(19-5-3-2-4-6-19,20-7-11-22(12-8-20)27-15-24-17-29-24)21-9-13-23(14-10-21)28-16-25-18-30-25;7*1-2;/h1-18,29-30H,19-22H2;3-6,9-16,21,26H,7-8,17-20H2,1-2H3;2-14,24-25H,15-18H2,1H3;7*1-2H3;1H4. The third-order valence-corrected chi connectivity index (χ3v) is 20.1. The smallest absolute Gasteiger partial charge is 0.119 e. The van der Waals surface area contributed by atoms with Crippen LogP contribution in [0.2, 0.25) is 0 Å². The molecule has 17 rings (SSSR count). The monoisotopic (exact) mass is 1530 g/mol. The summed E-state index contributed by atoms with van der Waals surface area (Å²) in [5.41, 5.74) is 13.0. The highest BCUT2D eigenvalue weighted by Crippen LogP contribution is 2.57. The number of hydrogen-bond donors (Lipinski definition) is 0. The van der Waals surface area contributed by atoms with Gasteiger partial charge in [-0.15, -0.1) is 0 Å². The highest BCUT2D eigenvalue weighted by molar-refractivity contribution is 5.63. The van der Waals surface area contributed by atoms with Gasteiger partial charge in [0.2, 0.25) is 0 Å². The van der Waals surface area contributed by atoms with Crippen molar-refractivity contribution in [1.29, 1.82) is 0 Å². The minimum absolute atomic E-state index is 0. The fourth-order valence-corrected chi connectivity index (χ4v) is 13.9. The molecule has 5 heterocycles. The first kappa shape index (κ1) is 91.0. The summed E-state index contributed by atoms with van der Waals surface area (Å²) in [7, 11) is 0. The van der Waals surface area contributed by atoms with E-state index in [-0.39, 0.29) is 54.2 Å². The lowest BCUT2D eigenvalue weighted by molar-refractivity contribution is 0.263. The summed E-state index contributed by atoms with van der Waals surface area (Å²) in [6.45, 7) is 42.9. The van der Waals surface area contributed by atoms with Gasteiger partial charge in [0.25, 0.3) is 0 Å². The third kappa shape index (κ3) is 24.7. The van der Waals surface area contributed by atoms with Crippen LogP contribution in [-0.4, -0.2) is 103 Å². The van der Waals surface area contributed by atoms with Crippen molar-refractivity contribution < 1.29 is 52.1 Å². The van der Waals surface area contributed by atoms with Gasteiger partial charge in [0.05, 0.1) is 45.1 Å². The average Bonchev–Trinajstić information content (AvgIpc) is 1.67. The largest absolute Gasteiger partial charge is 0.493 e. The zero-order valence-electron chi connectivity index (χ0n) is 70.2. The first-order chi connectivity index (χ1) is 55.1. The van der Waals surface area contributed by atoms with E-state index >= 15 is 0 Å². The third-order valence-electron chi connectivity index (χ3n) is 20.1. The molecule has 113 heavy (non-hydrogen) atoms. The van der Waals surface area contributed by atoms with Gasteiger partial charge in [0, 0.05) is 10.8 Å². The maximum Gasteiger partial charge on any atom is 0.119 e. The summed E-state index contributed by atoms with van der Waals surface area (Å²) < 4.78 is 61.8. The second-order valence-electron chi connectivity index (χ2n) is 27.7. The van der Waals surface area contributed by atoms with E-state index in [4.69, 9.17) is 52.1 Å². The van der Waals surface area contributed by atoms with E-state index in [1.165, 1.54) is 74.0 Å². The van der Waals surface area contributed by atoms with E-state index in [1.54, 1.807) is 0 Å². The number of fused-ring (bicyclic) bond motifs is 1. The minimum Gasteiger partial charge on any atom is -0.493 e. The second kappa shape index (κ2) is 46.2. The molecular formula is C102H132O11. The van der Waals surface area contributed by atoms with Crippen molar-refractivity contribution in [3.8, 4) is 34.5 Å². The lowest BCUT2D eigenvalue weighted by Gasteiger charge is -2.37. The van der Waals surface area contributed by atoms with Crippen LogP contribution in [0.15, 0.2) is 261 Å². The van der Waals surface area contributed by atoms with Crippen molar-refractivity contribution >= 4 is 0 Å². The van der Waals surface area contributed by atoms with E-state index < -0.39 is 5.41 Å². The van der Waals surface area contributed by atoms with Crippen LogP contribution in [-0.2, 0) is 45.3 Å². The molecule has 6 atom stereocenters. The number of epoxide rings is 5. The van der Waals surface area contributed by atoms with Crippen LogP contribution in [0.3, 0.4) is 0 Å².